The standard InChI is InChI=1S/C24H27ClN2O2.C7H8O3S/c25-21-8-2-1-6-17(21)10-12-26-11-4-3-9-22(28)19-14-18-7-5-13-27-23(29)16-20(15-19)24(18)27;1-6-2-4-7(5-3-6)11(8,9)10/h1-2,6,8,14-15,26H,3-5,7,9-13,16H2;2-5H,1H3,(H,8,9,10). The molecular formula is C31H35ClN2O5S. The molecule has 0 unspecified atom stereocenters. The third kappa shape index (κ3) is 7.79. The number of hydrogen-bond acceptors (Lipinski definition) is 5. The highest BCUT2D eigenvalue weighted by atomic mass is 35.5. The van der Waals surface area contributed by atoms with Crippen molar-refractivity contribution in [3.8, 4) is 0 Å². The number of amides is 1. The molecule has 0 aliphatic carbocycles. The van der Waals surface area contributed by atoms with E-state index >= 15 is 0 Å². The SMILES string of the molecule is Cc1ccc(S(=O)(=O)O)cc1.O=C(CCCCNCCc1ccccc1Cl)c1cc2c3c(c1)CC(=O)N3CCC2. The van der Waals surface area contributed by atoms with Gasteiger partial charge in [-0.15, -0.1) is 0 Å². The number of anilines is 1. The summed E-state index contributed by atoms with van der Waals surface area (Å²) in [5.41, 5.74) is 6.19. The maximum absolute atomic E-state index is 12.7. The van der Waals surface area contributed by atoms with Crippen molar-refractivity contribution in [1.82, 2.24) is 5.32 Å². The predicted molar refractivity (Wildman–Crippen MR) is 158 cm³/mol. The van der Waals surface area contributed by atoms with E-state index in [1.165, 1.54) is 17.7 Å². The average molecular weight is 583 g/mol. The molecule has 7 nitrogen and oxygen atoms in total. The largest absolute Gasteiger partial charge is 0.316 e. The number of unbranched alkanes of at least 4 members (excludes halogenated alkanes) is 1. The van der Waals surface area contributed by atoms with Crippen LogP contribution in [0, 0.1) is 6.92 Å². The Morgan fingerprint density at radius 1 is 1.02 bits per heavy atom. The average Bonchev–Trinajstić information content (AvgIpc) is 3.25. The van der Waals surface area contributed by atoms with E-state index in [1.807, 2.05) is 42.2 Å². The second-order valence-electron chi connectivity index (χ2n) is 10.2. The third-order valence-electron chi connectivity index (χ3n) is 7.19. The normalized spacial score (nSPS) is 14.0. The van der Waals surface area contributed by atoms with Crippen molar-refractivity contribution < 1.29 is 22.6 Å². The molecule has 0 aromatic heterocycles. The van der Waals surface area contributed by atoms with Gasteiger partial charge in [-0.05, 0) is 99.1 Å². The fourth-order valence-corrected chi connectivity index (χ4v) is 5.79. The molecule has 3 aromatic carbocycles. The molecular weight excluding hydrogens is 548 g/mol. The van der Waals surface area contributed by atoms with Crippen LogP contribution < -0.4 is 10.2 Å². The van der Waals surface area contributed by atoms with Gasteiger partial charge in [-0.25, -0.2) is 0 Å². The number of carbonyl (C=O) groups is 2. The number of carbonyl (C=O) groups excluding carboxylic acids is 2. The Bertz CT molecular complexity index is 1470. The maximum Gasteiger partial charge on any atom is 0.294 e. The Labute approximate surface area is 241 Å². The molecule has 212 valence electrons. The first-order valence-corrected chi connectivity index (χ1v) is 15.4. The summed E-state index contributed by atoms with van der Waals surface area (Å²) in [6.07, 6.45) is 5.69. The minimum Gasteiger partial charge on any atom is -0.316 e. The van der Waals surface area contributed by atoms with E-state index in [4.69, 9.17) is 16.2 Å². The molecule has 0 spiro atoms. The molecule has 1 amide bonds. The van der Waals surface area contributed by atoms with Gasteiger partial charge in [0, 0.05) is 23.6 Å². The highest BCUT2D eigenvalue weighted by molar-refractivity contribution is 7.85. The predicted octanol–water partition coefficient (Wildman–Crippen LogP) is 5.60. The first-order valence-electron chi connectivity index (χ1n) is 13.6. The fourth-order valence-electron chi connectivity index (χ4n) is 5.08. The number of rotatable bonds is 10. The first kappa shape index (κ1) is 29.9. The smallest absolute Gasteiger partial charge is 0.294 e. The van der Waals surface area contributed by atoms with Crippen LogP contribution in [-0.2, 0) is 34.2 Å². The molecule has 0 saturated heterocycles. The Balaban J connectivity index is 0.000000283. The summed E-state index contributed by atoms with van der Waals surface area (Å²) in [5.74, 6) is 0.366. The molecule has 5 rings (SSSR count). The molecule has 0 fully saturated rings. The number of Topliss-reactive ketones (excluding diaryl/α,β-unsaturated/α-hetero) is 1. The number of nitrogens with one attached hydrogen (secondary N) is 1. The monoisotopic (exact) mass is 582 g/mol. The van der Waals surface area contributed by atoms with Crippen LogP contribution in [0.5, 0.6) is 0 Å². The molecule has 0 radical (unpaired) electrons. The van der Waals surface area contributed by atoms with Crippen LogP contribution in [0.4, 0.5) is 5.69 Å². The summed E-state index contributed by atoms with van der Waals surface area (Å²) in [7, 11) is -4.02. The van der Waals surface area contributed by atoms with Crippen molar-refractivity contribution in [2.24, 2.45) is 0 Å². The summed E-state index contributed by atoms with van der Waals surface area (Å²) in [4.78, 5) is 26.7. The van der Waals surface area contributed by atoms with Crippen molar-refractivity contribution in [3.05, 3.63) is 93.5 Å². The molecule has 40 heavy (non-hydrogen) atoms. The van der Waals surface area contributed by atoms with Crippen molar-refractivity contribution in [2.75, 3.05) is 24.5 Å². The van der Waals surface area contributed by atoms with Gasteiger partial charge < -0.3 is 10.2 Å². The highest BCUT2D eigenvalue weighted by Gasteiger charge is 2.32. The van der Waals surface area contributed by atoms with E-state index in [0.29, 0.717) is 12.8 Å². The van der Waals surface area contributed by atoms with Crippen LogP contribution in [0.1, 0.15) is 58.3 Å². The Hall–Kier alpha value is -3.04. The Kier molecular flexibility index (Phi) is 10.1. The number of halogens is 1. The van der Waals surface area contributed by atoms with Gasteiger partial charge in [0.1, 0.15) is 0 Å². The maximum atomic E-state index is 12.7. The van der Waals surface area contributed by atoms with E-state index in [1.54, 1.807) is 12.1 Å². The summed E-state index contributed by atoms with van der Waals surface area (Å²) in [6.45, 7) is 4.44. The second kappa shape index (κ2) is 13.5. The van der Waals surface area contributed by atoms with Crippen molar-refractivity contribution in [1.29, 1.82) is 0 Å². The summed E-state index contributed by atoms with van der Waals surface area (Å²) >= 11 is 6.17. The van der Waals surface area contributed by atoms with E-state index in [-0.39, 0.29) is 16.6 Å². The van der Waals surface area contributed by atoms with Crippen LogP contribution in [0.15, 0.2) is 65.6 Å². The first-order chi connectivity index (χ1) is 19.1. The Morgan fingerprint density at radius 2 is 1.75 bits per heavy atom. The van der Waals surface area contributed by atoms with Crippen LogP contribution in [-0.4, -0.2) is 44.3 Å². The van der Waals surface area contributed by atoms with Gasteiger partial charge in [0.25, 0.3) is 10.1 Å². The lowest BCUT2D eigenvalue weighted by Gasteiger charge is -2.25. The molecule has 2 N–H and O–H groups in total. The van der Waals surface area contributed by atoms with Gasteiger partial charge in [0.2, 0.25) is 5.91 Å². The quantitative estimate of drug-likeness (QED) is 0.183. The van der Waals surface area contributed by atoms with E-state index < -0.39 is 10.1 Å². The van der Waals surface area contributed by atoms with Crippen LogP contribution in [0.2, 0.25) is 5.02 Å². The van der Waals surface area contributed by atoms with Gasteiger partial charge in [-0.3, -0.25) is 14.1 Å². The van der Waals surface area contributed by atoms with Gasteiger partial charge in [-0.1, -0.05) is 47.5 Å². The topological polar surface area (TPSA) is 104 Å². The molecule has 0 saturated carbocycles. The molecule has 2 heterocycles. The van der Waals surface area contributed by atoms with Gasteiger partial charge in [-0.2, -0.15) is 8.42 Å². The summed E-state index contributed by atoms with van der Waals surface area (Å²) < 4.78 is 29.6. The molecule has 3 aromatic rings. The number of ketones is 1. The zero-order valence-corrected chi connectivity index (χ0v) is 24.2. The van der Waals surface area contributed by atoms with Crippen molar-refractivity contribution >= 4 is 39.1 Å². The number of aryl methyl sites for hydroxylation is 2. The Morgan fingerprint density at radius 3 is 2.48 bits per heavy atom. The highest BCUT2D eigenvalue weighted by Crippen LogP contribution is 2.37. The molecule has 0 bridgehead atoms. The summed E-state index contributed by atoms with van der Waals surface area (Å²) in [5, 5.41) is 4.25. The van der Waals surface area contributed by atoms with Gasteiger partial charge in [0.05, 0.1) is 17.0 Å². The third-order valence-corrected chi connectivity index (χ3v) is 8.42. The zero-order valence-electron chi connectivity index (χ0n) is 22.7. The molecule has 2 aliphatic rings. The summed E-state index contributed by atoms with van der Waals surface area (Å²) in [6, 6.07) is 17.9. The minimum atomic E-state index is -4.02. The molecule has 9 heteroatoms. The van der Waals surface area contributed by atoms with Gasteiger partial charge in [0.15, 0.2) is 5.78 Å². The van der Waals surface area contributed by atoms with Gasteiger partial charge >= 0.3 is 0 Å². The van der Waals surface area contributed by atoms with Crippen molar-refractivity contribution in [3.63, 3.8) is 0 Å². The number of hydrogen-bond donors (Lipinski definition) is 2. The van der Waals surface area contributed by atoms with E-state index in [2.05, 4.69) is 11.4 Å². The van der Waals surface area contributed by atoms with E-state index in [9.17, 15) is 18.0 Å². The molecule has 0 atom stereocenters. The van der Waals surface area contributed by atoms with Crippen molar-refractivity contribution in [2.45, 2.75) is 56.8 Å². The number of benzene rings is 3. The second-order valence-corrected chi connectivity index (χ2v) is 12.1. The lowest BCUT2D eigenvalue weighted by atomic mass is 9.94. The number of nitrogens with zero attached hydrogens (tertiary/aromatic N) is 1. The van der Waals surface area contributed by atoms with E-state index in [0.717, 1.165) is 84.7 Å². The lowest BCUT2D eigenvalue weighted by Crippen LogP contribution is -2.31. The lowest BCUT2D eigenvalue weighted by molar-refractivity contribution is -0.117. The van der Waals surface area contributed by atoms with Crippen LogP contribution in [0.3, 0.4) is 0 Å². The fraction of sp³-hybridized carbons (Fsp3) is 0.355. The molecule has 2 aliphatic heterocycles. The minimum absolute atomic E-state index is 0.0666. The van der Waals surface area contributed by atoms with Crippen LogP contribution >= 0.6 is 11.6 Å². The van der Waals surface area contributed by atoms with Crippen LogP contribution in [0.25, 0.3) is 0 Å². The zero-order chi connectivity index (χ0) is 28.7.